The van der Waals surface area contributed by atoms with Crippen molar-refractivity contribution in [1.29, 1.82) is 0 Å². The molecule has 1 rings (SSSR count). The van der Waals surface area contributed by atoms with E-state index in [0.29, 0.717) is 11.6 Å². The first-order valence-electron chi connectivity index (χ1n) is 4.66. The van der Waals surface area contributed by atoms with Crippen molar-refractivity contribution in [3.63, 3.8) is 0 Å². The lowest BCUT2D eigenvalue weighted by Crippen LogP contribution is -1.99. The zero-order valence-electron chi connectivity index (χ0n) is 8.71. The topological polar surface area (TPSA) is 26.3 Å². The second-order valence-corrected chi connectivity index (χ2v) is 3.16. The van der Waals surface area contributed by atoms with E-state index in [-0.39, 0.29) is 0 Å². The summed E-state index contributed by atoms with van der Waals surface area (Å²) in [4.78, 5) is 10.8. The molecule has 0 aromatic heterocycles. The van der Waals surface area contributed by atoms with Crippen molar-refractivity contribution >= 4 is 17.6 Å². The number of carbonyl (C=O) groups is 1. The molecule has 0 aliphatic carbocycles. The van der Waals surface area contributed by atoms with Gasteiger partial charge in [-0.3, -0.25) is 0 Å². The van der Waals surface area contributed by atoms with Crippen LogP contribution in [-0.2, 0) is 9.53 Å². The second-order valence-electron chi connectivity index (χ2n) is 2.73. The Morgan fingerprint density at radius 1 is 1.31 bits per heavy atom. The van der Waals surface area contributed by atoms with Gasteiger partial charge in [0.05, 0.1) is 6.61 Å². The lowest BCUT2D eigenvalue weighted by molar-refractivity contribution is -0.136. The van der Waals surface area contributed by atoms with Crippen LogP contribution in [0, 0.1) is 23.7 Å². The van der Waals surface area contributed by atoms with E-state index in [1.54, 1.807) is 31.2 Å². The molecule has 0 saturated heterocycles. The molecule has 0 saturated carbocycles. The van der Waals surface area contributed by atoms with Crippen LogP contribution in [0.1, 0.15) is 12.5 Å². The van der Waals surface area contributed by atoms with E-state index < -0.39 is 5.97 Å². The molecule has 0 spiro atoms. The van der Waals surface area contributed by atoms with Crippen molar-refractivity contribution in [2.24, 2.45) is 0 Å². The second kappa shape index (κ2) is 6.56. The van der Waals surface area contributed by atoms with Gasteiger partial charge in [-0.2, -0.15) is 0 Å². The predicted octanol–water partition coefficient (Wildman–Crippen LogP) is 2.26. The maximum atomic E-state index is 10.8. The average Bonchev–Trinajstić information content (AvgIpc) is 2.27. The molecule has 16 heavy (non-hydrogen) atoms. The van der Waals surface area contributed by atoms with Crippen LogP contribution in [0.3, 0.4) is 0 Å². The molecule has 0 atom stereocenters. The number of hydrogen-bond acceptors (Lipinski definition) is 2. The molecule has 0 amide bonds. The van der Waals surface area contributed by atoms with E-state index in [9.17, 15) is 4.79 Å². The van der Waals surface area contributed by atoms with Crippen LogP contribution in [0.15, 0.2) is 24.3 Å². The van der Waals surface area contributed by atoms with E-state index in [2.05, 4.69) is 28.4 Å². The van der Waals surface area contributed by atoms with E-state index in [1.165, 1.54) is 0 Å². The third kappa shape index (κ3) is 4.55. The van der Waals surface area contributed by atoms with Crippen LogP contribution in [0.4, 0.5) is 0 Å². The third-order valence-electron chi connectivity index (χ3n) is 1.55. The highest BCUT2D eigenvalue weighted by Gasteiger charge is 1.90. The Kier molecular flexibility index (Phi) is 4.99. The lowest BCUT2D eigenvalue weighted by Gasteiger charge is -1.89. The molecule has 0 aliphatic heterocycles. The third-order valence-corrected chi connectivity index (χ3v) is 1.81. The van der Waals surface area contributed by atoms with Gasteiger partial charge in [-0.15, -0.1) is 0 Å². The van der Waals surface area contributed by atoms with Crippen LogP contribution < -0.4 is 0 Å². The Morgan fingerprint density at radius 3 is 2.62 bits per heavy atom. The SMILES string of the molecule is CCOC(=O)C#CC#Cc1ccc(Cl)cc1. The average molecular weight is 233 g/mol. The number of rotatable bonds is 1. The molecule has 3 heteroatoms. The van der Waals surface area contributed by atoms with Crippen LogP contribution >= 0.6 is 11.6 Å². The van der Waals surface area contributed by atoms with Crippen LogP contribution in [0.25, 0.3) is 0 Å². The molecule has 2 nitrogen and oxygen atoms in total. The smallest absolute Gasteiger partial charge is 0.385 e. The van der Waals surface area contributed by atoms with Gasteiger partial charge in [0, 0.05) is 16.5 Å². The molecular formula is C13H9ClO2. The molecule has 1 aromatic carbocycles. The van der Waals surface area contributed by atoms with Crippen LogP contribution in [0.2, 0.25) is 5.02 Å². The normalized spacial score (nSPS) is 8.12. The summed E-state index contributed by atoms with van der Waals surface area (Å²) < 4.78 is 4.61. The molecule has 0 unspecified atom stereocenters. The van der Waals surface area contributed by atoms with Crippen molar-refractivity contribution in [3.05, 3.63) is 34.9 Å². The summed E-state index contributed by atoms with van der Waals surface area (Å²) in [5.74, 6) is 9.44. The minimum atomic E-state index is -0.562. The molecule has 0 heterocycles. The molecule has 0 bridgehead atoms. The highest BCUT2D eigenvalue weighted by atomic mass is 35.5. The van der Waals surface area contributed by atoms with Gasteiger partial charge in [0.25, 0.3) is 0 Å². The van der Waals surface area contributed by atoms with Crippen LogP contribution in [-0.4, -0.2) is 12.6 Å². The maximum absolute atomic E-state index is 10.8. The molecular weight excluding hydrogens is 224 g/mol. The molecule has 0 fully saturated rings. The highest BCUT2D eigenvalue weighted by Crippen LogP contribution is 2.07. The minimum Gasteiger partial charge on any atom is -0.456 e. The summed E-state index contributed by atoms with van der Waals surface area (Å²) in [7, 11) is 0. The minimum absolute atomic E-state index is 0.318. The Hall–Kier alpha value is -1.90. The zero-order chi connectivity index (χ0) is 11.8. The van der Waals surface area contributed by atoms with Gasteiger partial charge in [0.15, 0.2) is 0 Å². The number of ether oxygens (including phenoxy) is 1. The number of hydrogen-bond donors (Lipinski definition) is 0. The van der Waals surface area contributed by atoms with Crippen molar-refractivity contribution in [2.75, 3.05) is 6.61 Å². The summed E-state index contributed by atoms with van der Waals surface area (Å²) in [5, 5.41) is 0.656. The van der Waals surface area contributed by atoms with Crippen molar-refractivity contribution < 1.29 is 9.53 Å². The fourth-order valence-electron chi connectivity index (χ4n) is 0.886. The monoisotopic (exact) mass is 232 g/mol. The fraction of sp³-hybridized carbons (Fsp3) is 0.154. The van der Waals surface area contributed by atoms with Crippen molar-refractivity contribution in [2.45, 2.75) is 6.92 Å². The lowest BCUT2D eigenvalue weighted by atomic mass is 10.2. The quantitative estimate of drug-likeness (QED) is 0.422. The maximum Gasteiger partial charge on any atom is 0.385 e. The van der Waals surface area contributed by atoms with Gasteiger partial charge in [0.1, 0.15) is 0 Å². The Morgan fingerprint density at radius 2 is 2.00 bits per heavy atom. The molecule has 0 N–H and O–H groups in total. The van der Waals surface area contributed by atoms with Gasteiger partial charge in [-0.1, -0.05) is 17.5 Å². The largest absolute Gasteiger partial charge is 0.456 e. The van der Waals surface area contributed by atoms with Gasteiger partial charge in [-0.05, 0) is 43.0 Å². The fourth-order valence-corrected chi connectivity index (χ4v) is 1.01. The summed E-state index contributed by atoms with van der Waals surface area (Å²) in [6, 6.07) is 7.04. The Bertz CT molecular complexity index is 481. The first kappa shape index (κ1) is 12.2. The summed E-state index contributed by atoms with van der Waals surface area (Å²) in [5.41, 5.74) is 0.794. The van der Waals surface area contributed by atoms with E-state index >= 15 is 0 Å². The summed E-state index contributed by atoms with van der Waals surface area (Å²) >= 11 is 5.71. The molecule has 0 radical (unpaired) electrons. The Balaban J connectivity index is 2.61. The van der Waals surface area contributed by atoms with Gasteiger partial charge < -0.3 is 4.74 Å². The summed E-state index contributed by atoms with van der Waals surface area (Å²) in [6.07, 6.45) is 0. The zero-order valence-corrected chi connectivity index (χ0v) is 9.47. The van der Waals surface area contributed by atoms with Gasteiger partial charge in [0.2, 0.25) is 0 Å². The van der Waals surface area contributed by atoms with Gasteiger partial charge >= 0.3 is 5.97 Å². The van der Waals surface area contributed by atoms with E-state index in [4.69, 9.17) is 11.6 Å². The highest BCUT2D eigenvalue weighted by molar-refractivity contribution is 6.30. The van der Waals surface area contributed by atoms with Crippen molar-refractivity contribution in [3.8, 4) is 23.7 Å². The number of esters is 1. The number of carbonyl (C=O) groups excluding carboxylic acids is 1. The molecule has 80 valence electrons. The van der Waals surface area contributed by atoms with Gasteiger partial charge in [-0.25, -0.2) is 4.79 Å². The Labute approximate surface area is 99.6 Å². The van der Waals surface area contributed by atoms with Crippen molar-refractivity contribution in [1.82, 2.24) is 0 Å². The van der Waals surface area contributed by atoms with Crippen LogP contribution in [0.5, 0.6) is 0 Å². The molecule has 1 aromatic rings. The first-order chi connectivity index (χ1) is 7.72. The predicted molar refractivity (Wildman–Crippen MR) is 62.7 cm³/mol. The number of benzene rings is 1. The van der Waals surface area contributed by atoms with E-state index in [1.807, 2.05) is 0 Å². The standard InChI is InChI=1S/C13H9ClO2/c1-2-16-13(15)6-4-3-5-11-7-9-12(14)10-8-11/h7-10H,2H2,1H3. The first-order valence-corrected chi connectivity index (χ1v) is 5.04. The molecule has 0 aliphatic rings. The van der Waals surface area contributed by atoms with E-state index in [0.717, 1.165) is 5.56 Å². The summed E-state index contributed by atoms with van der Waals surface area (Å²) in [6.45, 7) is 2.04. The number of halogens is 1.